The van der Waals surface area contributed by atoms with Gasteiger partial charge in [-0.1, -0.05) is 38.1 Å². The van der Waals surface area contributed by atoms with Gasteiger partial charge in [0.2, 0.25) is 0 Å². The van der Waals surface area contributed by atoms with E-state index in [1.165, 1.54) is 10.4 Å². The summed E-state index contributed by atoms with van der Waals surface area (Å²) in [4.78, 5) is 5.76. The number of thiophene rings is 1. The Bertz CT molecular complexity index is 655. The van der Waals surface area contributed by atoms with E-state index in [1.807, 2.05) is 36.6 Å². The molecular formula is C20H29N3OS. The van der Waals surface area contributed by atoms with Gasteiger partial charge in [0.15, 0.2) is 5.96 Å². The van der Waals surface area contributed by atoms with Gasteiger partial charge in [-0.3, -0.25) is 4.99 Å². The smallest absolute Gasteiger partial charge is 0.191 e. The summed E-state index contributed by atoms with van der Waals surface area (Å²) in [6.45, 7) is 6.16. The Morgan fingerprint density at radius 1 is 1.12 bits per heavy atom. The minimum absolute atomic E-state index is 0.332. The lowest BCUT2D eigenvalue weighted by Crippen LogP contribution is -2.41. The predicted molar refractivity (Wildman–Crippen MR) is 108 cm³/mol. The van der Waals surface area contributed by atoms with Crippen molar-refractivity contribution < 1.29 is 4.74 Å². The molecule has 0 saturated carbocycles. The number of hydrogen-bond donors (Lipinski definition) is 2. The van der Waals surface area contributed by atoms with Crippen LogP contribution in [0.3, 0.4) is 0 Å². The minimum atomic E-state index is 0.332. The zero-order valence-electron chi connectivity index (χ0n) is 15.6. The van der Waals surface area contributed by atoms with Crippen LogP contribution in [0.2, 0.25) is 0 Å². The SMILES string of the molecule is CN=C(NCC(C)Cc1cccs1)NCC(C)c1ccccc1OC. The maximum absolute atomic E-state index is 5.46. The number of ether oxygens (including phenoxy) is 1. The highest BCUT2D eigenvalue weighted by atomic mass is 32.1. The van der Waals surface area contributed by atoms with Gasteiger partial charge in [-0.15, -0.1) is 11.3 Å². The second-order valence-electron chi connectivity index (χ2n) is 6.37. The molecule has 25 heavy (non-hydrogen) atoms. The fourth-order valence-electron chi connectivity index (χ4n) is 2.77. The van der Waals surface area contributed by atoms with E-state index >= 15 is 0 Å². The molecule has 0 aliphatic heterocycles. The first-order chi connectivity index (χ1) is 12.1. The lowest BCUT2D eigenvalue weighted by molar-refractivity contribution is 0.406. The van der Waals surface area contributed by atoms with Gasteiger partial charge in [0.25, 0.3) is 0 Å². The van der Waals surface area contributed by atoms with Crippen LogP contribution in [0.25, 0.3) is 0 Å². The van der Waals surface area contributed by atoms with Gasteiger partial charge in [-0.05, 0) is 35.4 Å². The van der Waals surface area contributed by atoms with Gasteiger partial charge < -0.3 is 15.4 Å². The molecule has 2 aromatic rings. The average molecular weight is 360 g/mol. The van der Waals surface area contributed by atoms with Crippen LogP contribution in [0.5, 0.6) is 5.75 Å². The number of methoxy groups -OCH3 is 1. The van der Waals surface area contributed by atoms with Crippen LogP contribution in [0, 0.1) is 5.92 Å². The van der Waals surface area contributed by atoms with E-state index < -0.39 is 0 Å². The monoisotopic (exact) mass is 359 g/mol. The fraction of sp³-hybridized carbons (Fsp3) is 0.450. The van der Waals surface area contributed by atoms with Crippen LogP contribution in [0.15, 0.2) is 46.8 Å². The molecule has 4 nitrogen and oxygen atoms in total. The third-order valence-electron chi connectivity index (χ3n) is 4.22. The van der Waals surface area contributed by atoms with E-state index in [0.717, 1.165) is 31.2 Å². The van der Waals surface area contributed by atoms with Gasteiger partial charge >= 0.3 is 0 Å². The van der Waals surface area contributed by atoms with E-state index in [-0.39, 0.29) is 0 Å². The van der Waals surface area contributed by atoms with Crippen molar-refractivity contribution in [2.45, 2.75) is 26.2 Å². The molecule has 0 bridgehead atoms. The molecule has 2 atom stereocenters. The highest BCUT2D eigenvalue weighted by Crippen LogP contribution is 2.25. The van der Waals surface area contributed by atoms with Crippen molar-refractivity contribution in [2.75, 3.05) is 27.2 Å². The first kappa shape index (κ1) is 19.3. The number of hydrogen-bond acceptors (Lipinski definition) is 3. The second kappa shape index (κ2) is 10.1. The molecule has 5 heteroatoms. The Kier molecular flexibility index (Phi) is 7.79. The van der Waals surface area contributed by atoms with Crippen LogP contribution in [-0.4, -0.2) is 33.2 Å². The number of guanidine groups is 1. The molecule has 0 spiro atoms. The summed E-state index contributed by atoms with van der Waals surface area (Å²) >= 11 is 1.82. The normalized spacial score (nSPS) is 14.0. The first-order valence-corrected chi connectivity index (χ1v) is 9.61. The summed E-state index contributed by atoms with van der Waals surface area (Å²) in [5.74, 6) is 2.67. The van der Waals surface area contributed by atoms with Gasteiger partial charge in [0, 0.05) is 30.9 Å². The molecular weight excluding hydrogens is 330 g/mol. The van der Waals surface area contributed by atoms with Crippen LogP contribution < -0.4 is 15.4 Å². The quantitative estimate of drug-likeness (QED) is 0.555. The highest BCUT2D eigenvalue weighted by molar-refractivity contribution is 7.09. The fourth-order valence-corrected chi connectivity index (χ4v) is 3.64. The van der Waals surface area contributed by atoms with Gasteiger partial charge in [-0.2, -0.15) is 0 Å². The number of rotatable bonds is 8. The Labute approximate surface area is 155 Å². The van der Waals surface area contributed by atoms with Crippen molar-refractivity contribution >= 4 is 17.3 Å². The largest absolute Gasteiger partial charge is 0.496 e. The Morgan fingerprint density at radius 3 is 2.56 bits per heavy atom. The molecule has 0 radical (unpaired) electrons. The van der Waals surface area contributed by atoms with Crippen molar-refractivity contribution in [3.63, 3.8) is 0 Å². The number of benzene rings is 1. The predicted octanol–water partition coefficient (Wildman–Crippen LogP) is 3.90. The standard InChI is InChI=1S/C20H29N3OS/c1-15(12-17-8-7-11-25-17)13-22-20(21-3)23-14-16(2)18-9-5-6-10-19(18)24-4/h5-11,15-16H,12-14H2,1-4H3,(H2,21,22,23). The first-order valence-electron chi connectivity index (χ1n) is 8.73. The zero-order valence-corrected chi connectivity index (χ0v) is 16.4. The highest BCUT2D eigenvalue weighted by Gasteiger charge is 2.12. The van der Waals surface area contributed by atoms with E-state index in [1.54, 1.807) is 7.11 Å². The number of nitrogens with one attached hydrogen (secondary N) is 2. The minimum Gasteiger partial charge on any atom is -0.496 e. The topological polar surface area (TPSA) is 45.7 Å². The van der Waals surface area contributed by atoms with Crippen LogP contribution >= 0.6 is 11.3 Å². The number of para-hydroxylation sites is 1. The number of aliphatic imine (C=N–C) groups is 1. The lowest BCUT2D eigenvalue weighted by atomic mass is 10.0. The molecule has 2 unspecified atom stereocenters. The Balaban J connectivity index is 1.79. The molecule has 2 N–H and O–H groups in total. The molecule has 0 fully saturated rings. The molecule has 1 aromatic heterocycles. The van der Waals surface area contributed by atoms with Gasteiger partial charge in [0.1, 0.15) is 5.75 Å². The summed E-state index contributed by atoms with van der Waals surface area (Å²) in [7, 11) is 3.53. The maximum atomic E-state index is 5.46. The van der Waals surface area contributed by atoms with Crippen molar-refractivity contribution in [1.82, 2.24) is 10.6 Å². The molecule has 1 aromatic carbocycles. The van der Waals surface area contributed by atoms with Crippen molar-refractivity contribution in [2.24, 2.45) is 10.9 Å². The molecule has 1 heterocycles. The molecule has 136 valence electrons. The summed E-state index contributed by atoms with van der Waals surface area (Å²) in [6, 6.07) is 12.5. The summed E-state index contributed by atoms with van der Waals surface area (Å²) in [6.07, 6.45) is 1.10. The van der Waals surface area contributed by atoms with E-state index in [2.05, 4.69) is 53.1 Å². The summed E-state index contributed by atoms with van der Waals surface area (Å²) in [5, 5.41) is 8.98. The van der Waals surface area contributed by atoms with Crippen molar-refractivity contribution in [3.8, 4) is 5.75 Å². The van der Waals surface area contributed by atoms with Gasteiger partial charge in [-0.25, -0.2) is 0 Å². The zero-order chi connectivity index (χ0) is 18.1. The Morgan fingerprint density at radius 2 is 1.88 bits per heavy atom. The average Bonchev–Trinajstić information content (AvgIpc) is 3.14. The molecule has 2 rings (SSSR count). The van der Waals surface area contributed by atoms with E-state index in [4.69, 9.17) is 4.74 Å². The Hall–Kier alpha value is -2.01. The molecule has 0 saturated heterocycles. The van der Waals surface area contributed by atoms with Crippen molar-refractivity contribution in [1.29, 1.82) is 0 Å². The van der Waals surface area contributed by atoms with Crippen LogP contribution in [-0.2, 0) is 6.42 Å². The summed E-state index contributed by atoms with van der Waals surface area (Å²) in [5.41, 5.74) is 1.21. The van der Waals surface area contributed by atoms with Gasteiger partial charge in [0.05, 0.1) is 7.11 Å². The molecule has 0 amide bonds. The van der Waals surface area contributed by atoms with Crippen LogP contribution in [0.4, 0.5) is 0 Å². The van der Waals surface area contributed by atoms with E-state index in [9.17, 15) is 0 Å². The second-order valence-corrected chi connectivity index (χ2v) is 7.40. The lowest BCUT2D eigenvalue weighted by Gasteiger charge is -2.19. The third-order valence-corrected chi connectivity index (χ3v) is 5.12. The van der Waals surface area contributed by atoms with Crippen LogP contribution in [0.1, 0.15) is 30.2 Å². The van der Waals surface area contributed by atoms with E-state index in [0.29, 0.717) is 11.8 Å². The third kappa shape index (κ3) is 6.09. The molecule has 0 aliphatic rings. The van der Waals surface area contributed by atoms with Crippen molar-refractivity contribution in [3.05, 3.63) is 52.2 Å². The summed E-state index contributed by atoms with van der Waals surface area (Å²) < 4.78 is 5.46. The molecule has 0 aliphatic carbocycles. The number of nitrogens with zero attached hydrogens (tertiary/aromatic N) is 1. The maximum Gasteiger partial charge on any atom is 0.191 e.